The fourth-order valence-electron chi connectivity index (χ4n) is 2.58. The van der Waals surface area contributed by atoms with Gasteiger partial charge in [0, 0.05) is 17.1 Å². The average Bonchev–Trinajstić information content (AvgIpc) is 3.13. The molecule has 1 aromatic carbocycles. The fourth-order valence-corrected chi connectivity index (χ4v) is 3.59. The Hall–Kier alpha value is -2.66. The van der Waals surface area contributed by atoms with Crippen LogP contribution in [0.1, 0.15) is 5.69 Å². The number of benzene rings is 1. The van der Waals surface area contributed by atoms with E-state index in [1.807, 2.05) is 25.1 Å². The summed E-state index contributed by atoms with van der Waals surface area (Å²) in [7, 11) is 0. The summed E-state index contributed by atoms with van der Waals surface area (Å²) in [5.41, 5.74) is 4.88. The van der Waals surface area contributed by atoms with Crippen molar-refractivity contribution in [2.45, 2.75) is 6.92 Å². The van der Waals surface area contributed by atoms with Crippen molar-refractivity contribution >= 4 is 17.0 Å². The molecule has 22 heavy (non-hydrogen) atoms. The third-order valence-corrected chi connectivity index (χ3v) is 4.57. The SMILES string of the molecule is Cc1nn2c(O)ccnc2c1-c1cc(-c2ccccc2)cs1. The highest BCUT2D eigenvalue weighted by atomic mass is 32.1. The number of aromatic hydroxyl groups is 1. The number of hydrogen-bond acceptors (Lipinski definition) is 4. The molecule has 0 aliphatic carbocycles. The van der Waals surface area contributed by atoms with Gasteiger partial charge >= 0.3 is 0 Å². The Morgan fingerprint density at radius 2 is 1.91 bits per heavy atom. The largest absolute Gasteiger partial charge is 0.493 e. The molecule has 0 amide bonds. The molecule has 108 valence electrons. The maximum atomic E-state index is 9.90. The Balaban J connectivity index is 1.89. The zero-order chi connectivity index (χ0) is 15.1. The van der Waals surface area contributed by atoms with E-state index in [0.29, 0.717) is 5.65 Å². The Kier molecular flexibility index (Phi) is 2.94. The van der Waals surface area contributed by atoms with Gasteiger partial charge in [0.25, 0.3) is 0 Å². The van der Waals surface area contributed by atoms with E-state index in [9.17, 15) is 5.11 Å². The first-order valence-corrected chi connectivity index (χ1v) is 7.79. The third-order valence-electron chi connectivity index (χ3n) is 3.63. The van der Waals surface area contributed by atoms with Crippen LogP contribution in [0.3, 0.4) is 0 Å². The maximum Gasteiger partial charge on any atom is 0.215 e. The van der Waals surface area contributed by atoms with Gasteiger partial charge in [-0.2, -0.15) is 9.61 Å². The molecular formula is C17H13N3OS. The predicted octanol–water partition coefficient (Wildman–Crippen LogP) is 4.14. The van der Waals surface area contributed by atoms with Crippen LogP contribution in [0, 0.1) is 6.92 Å². The lowest BCUT2D eigenvalue weighted by Crippen LogP contribution is -1.89. The quantitative estimate of drug-likeness (QED) is 0.605. The van der Waals surface area contributed by atoms with Gasteiger partial charge in [-0.05, 0) is 29.5 Å². The summed E-state index contributed by atoms with van der Waals surface area (Å²) >= 11 is 1.66. The average molecular weight is 307 g/mol. The van der Waals surface area contributed by atoms with E-state index >= 15 is 0 Å². The second kappa shape index (κ2) is 4.96. The van der Waals surface area contributed by atoms with Crippen LogP contribution in [-0.4, -0.2) is 19.7 Å². The lowest BCUT2D eigenvalue weighted by molar-refractivity contribution is 0.435. The van der Waals surface area contributed by atoms with E-state index in [1.54, 1.807) is 17.5 Å². The van der Waals surface area contributed by atoms with Crippen molar-refractivity contribution in [1.29, 1.82) is 0 Å². The Morgan fingerprint density at radius 3 is 2.73 bits per heavy atom. The lowest BCUT2D eigenvalue weighted by Gasteiger charge is -1.98. The summed E-state index contributed by atoms with van der Waals surface area (Å²) in [5.74, 6) is 0.0965. The molecule has 4 aromatic rings. The molecule has 3 heterocycles. The molecule has 0 fully saturated rings. The van der Waals surface area contributed by atoms with E-state index in [2.05, 4.69) is 33.7 Å². The summed E-state index contributed by atoms with van der Waals surface area (Å²) in [4.78, 5) is 5.47. The minimum Gasteiger partial charge on any atom is -0.493 e. The summed E-state index contributed by atoms with van der Waals surface area (Å²) in [6, 6.07) is 14.0. The van der Waals surface area contributed by atoms with Crippen molar-refractivity contribution in [1.82, 2.24) is 14.6 Å². The minimum atomic E-state index is 0.0965. The minimum absolute atomic E-state index is 0.0965. The summed E-state index contributed by atoms with van der Waals surface area (Å²) in [6.45, 7) is 1.94. The van der Waals surface area contributed by atoms with Gasteiger partial charge in [0.05, 0.1) is 11.3 Å². The van der Waals surface area contributed by atoms with Gasteiger partial charge < -0.3 is 5.11 Å². The molecule has 0 spiro atoms. The molecule has 0 bridgehead atoms. The van der Waals surface area contributed by atoms with Crippen molar-refractivity contribution < 1.29 is 5.11 Å². The summed E-state index contributed by atoms with van der Waals surface area (Å²) in [6.07, 6.45) is 1.60. The number of nitrogens with zero attached hydrogens (tertiary/aromatic N) is 3. The monoisotopic (exact) mass is 307 g/mol. The fraction of sp³-hybridized carbons (Fsp3) is 0.0588. The molecule has 0 aliphatic heterocycles. The zero-order valence-electron chi connectivity index (χ0n) is 11.9. The van der Waals surface area contributed by atoms with Gasteiger partial charge in [-0.25, -0.2) is 4.98 Å². The normalized spacial score (nSPS) is 11.1. The summed E-state index contributed by atoms with van der Waals surface area (Å²) < 4.78 is 1.48. The van der Waals surface area contributed by atoms with Crippen molar-refractivity contribution in [2.24, 2.45) is 0 Å². The second-order valence-electron chi connectivity index (χ2n) is 5.06. The topological polar surface area (TPSA) is 50.4 Å². The van der Waals surface area contributed by atoms with E-state index in [1.165, 1.54) is 21.7 Å². The van der Waals surface area contributed by atoms with Gasteiger partial charge in [-0.3, -0.25) is 0 Å². The van der Waals surface area contributed by atoms with Gasteiger partial charge in [0.1, 0.15) is 0 Å². The Labute approximate surface area is 131 Å². The first-order valence-electron chi connectivity index (χ1n) is 6.91. The van der Waals surface area contributed by atoms with Crippen molar-refractivity contribution in [3.63, 3.8) is 0 Å². The standard InChI is InChI=1S/C17H13N3OS/c1-11-16(17-18-8-7-15(21)20(17)19-11)14-9-13(10-22-14)12-5-3-2-4-6-12/h2-10,21H,1H3. The molecule has 4 nitrogen and oxygen atoms in total. The number of hydrogen-bond donors (Lipinski definition) is 1. The molecular weight excluding hydrogens is 294 g/mol. The van der Waals surface area contributed by atoms with E-state index in [4.69, 9.17) is 0 Å². The Morgan fingerprint density at radius 1 is 1.09 bits per heavy atom. The zero-order valence-corrected chi connectivity index (χ0v) is 12.7. The van der Waals surface area contributed by atoms with E-state index < -0.39 is 0 Å². The van der Waals surface area contributed by atoms with Crippen molar-refractivity contribution in [2.75, 3.05) is 0 Å². The van der Waals surface area contributed by atoms with Gasteiger partial charge in [-0.15, -0.1) is 11.3 Å². The van der Waals surface area contributed by atoms with Crippen LogP contribution in [0.25, 0.3) is 27.2 Å². The van der Waals surface area contributed by atoms with Crippen LogP contribution >= 0.6 is 11.3 Å². The molecule has 0 unspecified atom stereocenters. The van der Waals surface area contributed by atoms with Crippen LogP contribution in [0.4, 0.5) is 0 Å². The first kappa shape index (κ1) is 13.0. The number of fused-ring (bicyclic) bond motifs is 1. The lowest BCUT2D eigenvalue weighted by atomic mass is 10.1. The first-order chi connectivity index (χ1) is 10.7. The highest BCUT2D eigenvalue weighted by Crippen LogP contribution is 2.36. The number of thiophene rings is 1. The molecule has 0 saturated carbocycles. The molecule has 3 aromatic heterocycles. The predicted molar refractivity (Wildman–Crippen MR) is 88.1 cm³/mol. The van der Waals surface area contributed by atoms with Gasteiger partial charge in [0.15, 0.2) is 5.65 Å². The molecule has 0 saturated heterocycles. The van der Waals surface area contributed by atoms with Crippen LogP contribution in [-0.2, 0) is 0 Å². The molecule has 0 aliphatic rings. The van der Waals surface area contributed by atoms with Crippen molar-refractivity contribution in [3.05, 3.63) is 59.7 Å². The molecule has 5 heteroatoms. The van der Waals surface area contributed by atoms with E-state index in [0.717, 1.165) is 16.1 Å². The molecule has 0 radical (unpaired) electrons. The van der Waals surface area contributed by atoms with Crippen LogP contribution in [0.5, 0.6) is 5.88 Å². The summed E-state index contributed by atoms with van der Waals surface area (Å²) in [5, 5.41) is 16.4. The third kappa shape index (κ3) is 1.98. The smallest absolute Gasteiger partial charge is 0.215 e. The maximum absolute atomic E-state index is 9.90. The van der Waals surface area contributed by atoms with Gasteiger partial charge in [-0.1, -0.05) is 30.3 Å². The van der Waals surface area contributed by atoms with Crippen LogP contribution < -0.4 is 0 Å². The number of rotatable bonds is 2. The number of aromatic nitrogens is 3. The molecule has 0 atom stereocenters. The van der Waals surface area contributed by atoms with E-state index in [-0.39, 0.29) is 5.88 Å². The van der Waals surface area contributed by atoms with Gasteiger partial charge in [0.2, 0.25) is 5.88 Å². The highest BCUT2D eigenvalue weighted by molar-refractivity contribution is 7.14. The Bertz CT molecular complexity index is 957. The van der Waals surface area contributed by atoms with Crippen molar-refractivity contribution in [3.8, 4) is 27.4 Å². The van der Waals surface area contributed by atoms with Crippen LogP contribution in [0.2, 0.25) is 0 Å². The van der Waals surface area contributed by atoms with Crippen LogP contribution in [0.15, 0.2) is 54.0 Å². The molecule has 4 rings (SSSR count). The second-order valence-corrected chi connectivity index (χ2v) is 5.98. The highest BCUT2D eigenvalue weighted by Gasteiger charge is 2.16. The molecule has 1 N–H and O–H groups in total. The number of aryl methyl sites for hydroxylation is 1.